The van der Waals surface area contributed by atoms with Gasteiger partial charge >= 0.3 is 0 Å². The van der Waals surface area contributed by atoms with Crippen LogP contribution in [0.1, 0.15) is 24.0 Å². The molecule has 1 amide bonds. The molecule has 0 aliphatic carbocycles. The highest BCUT2D eigenvalue weighted by Gasteiger charge is 2.18. The van der Waals surface area contributed by atoms with Crippen LogP contribution in [0.5, 0.6) is 0 Å². The van der Waals surface area contributed by atoms with Crippen LogP contribution in [0.15, 0.2) is 48.5 Å². The van der Waals surface area contributed by atoms with Crippen molar-refractivity contribution in [1.29, 1.82) is 0 Å². The van der Waals surface area contributed by atoms with Crippen LogP contribution in [0.4, 0.5) is 11.4 Å². The fraction of sp³-hybridized carbons (Fsp3) is 0.381. The zero-order valence-corrected chi connectivity index (χ0v) is 17.5. The molecule has 1 heterocycles. The van der Waals surface area contributed by atoms with Crippen LogP contribution < -0.4 is 11.1 Å². The number of halogens is 2. The summed E-state index contributed by atoms with van der Waals surface area (Å²) in [6.07, 6.45) is 2.43. The Morgan fingerprint density at radius 3 is 2.39 bits per heavy atom. The monoisotopic (exact) mass is 425 g/mol. The van der Waals surface area contributed by atoms with Gasteiger partial charge in [0.2, 0.25) is 5.91 Å². The van der Waals surface area contributed by atoms with Crippen LogP contribution in [0, 0.1) is 5.92 Å². The molecule has 0 spiro atoms. The Morgan fingerprint density at radius 1 is 1.07 bits per heavy atom. The van der Waals surface area contributed by atoms with Gasteiger partial charge in [-0.3, -0.25) is 9.69 Å². The fourth-order valence-electron chi connectivity index (χ4n) is 3.36. The molecule has 5 nitrogen and oxygen atoms in total. The normalized spacial score (nSPS) is 14.6. The lowest BCUT2D eigenvalue weighted by Crippen LogP contribution is -2.34. The summed E-state index contributed by atoms with van der Waals surface area (Å²) >= 11 is 0. The van der Waals surface area contributed by atoms with Crippen molar-refractivity contribution in [1.82, 2.24) is 4.90 Å². The SMILES string of the molecule is Cl.Cl.Nc1ccc(CC(=O)Nc2cccc(CN3CCC(CO)CC3)c2)cc1. The van der Waals surface area contributed by atoms with Crippen molar-refractivity contribution in [3.05, 3.63) is 59.7 Å². The molecule has 1 fully saturated rings. The number of aliphatic hydroxyl groups is 1. The van der Waals surface area contributed by atoms with Gasteiger partial charge in [0.05, 0.1) is 6.42 Å². The molecule has 0 atom stereocenters. The van der Waals surface area contributed by atoms with E-state index in [-0.39, 0.29) is 30.7 Å². The first kappa shape index (κ1) is 24.2. The summed E-state index contributed by atoms with van der Waals surface area (Å²) in [6, 6.07) is 15.4. The number of hydrogen-bond acceptors (Lipinski definition) is 4. The van der Waals surface area contributed by atoms with Crippen LogP contribution >= 0.6 is 24.8 Å². The number of anilines is 2. The Bertz CT molecular complexity index is 733. The highest BCUT2D eigenvalue weighted by Crippen LogP contribution is 2.20. The van der Waals surface area contributed by atoms with Crippen molar-refractivity contribution < 1.29 is 9.90 Å². The standard InChI is InChI=1S/C21H27N3O2.2ClH/c22-19-6-4-16(5-7-19)13-21(26)23-20-3-1-2-18(12-20)14-24-10-8-17(15-25)9-11-24;;/h1-7,12,17,25H,8-11,13-15,22H2,(H,23,26);2*1H. The van der Waals surface area contributed by atoms with Crippen LogP contribution in [0.3, 0.4) is 0 Å². The van der Waals surface area contributed by atoms with Gasteiger partial charge in [0, 0.05) is 24.5 Å². The summed E-state index contributed by atoms with van der Waals surface area (Å²) in [4.78, 5) is 14.7. The van der Waals surface area contributed by atoms with Gasteiger partial charge in [-0.25, -0.2) is 0 Å². The summed E-state index contributed by atoms with van der Waals surface area (Å²) in [5, 5.41) is 12.2. The first-order valence-corrected chi connectivity index (χ1v) is 9.19. The quantitative estimate of drug-likeness (QED) is 0.618. The van der Waals surface area contributed by atoms with E-state index in [0.29, 0.717) is 24.6 Å². The third kappa shape index (κ3) is 7.32. The van der Waals surface area contributed by atoms with Crippen LogP contribution in [0.25, 0.3) is 0 Å². The minimum Gasteiger partial charge on any atom is -0.399 e. The van der Waals surface area contributed by atoms with E-state index in [1.165, 1.54) is 5.56 Å². The van der Waals surface area contributed by atoms with Crippen molar-refractivity contribution in [3.8, 4) is 0 Å². The molecule has 28 heavy (non-hydrogen) atoms. The van der Waals surface area contributed by atoms with Crippen LogP contribution in [0.2, 0.25) is 0 Å². The van der Waals surface area contributed by atoms with E-state index in [2.05, 4.69) is 16.3 Å². The van der Waals surface area contributed by atoms with Crippen molar-refractivity contribution in [2.75, 3.05) is 30.7 Å². The number of likely N-dealkylation sites (tertiary alicyclic amines) is 1. The molecule has 2 aromatic carbocycles. The topological polar surface area (TPSA) is 78.6 Å². The lowest BCUT2D eigenvalue weighted by atomic mass is 9.97. The average molecular weight is 426 g/mol. The summed E-state index contributed by atoms with van der Waals surface area (Å²) in [6.45, 7) is 3.20. The Labute approximate surface area is 179 Å². The Hall–Kier alpha value is -1.79. The number of aliphatic hydroxyl groups excluding tert-OH is 1. The third-order valence-corrected chi connectivity index (χ3v) is 4.93. The van der Waals surface area contributed by atoms with Gasteiger partial charge < -0.3 is 16.2 Å². The maximum atomic E-state index is 12.3. The highest BCUT2D eigenvalue weighted by molar-refractivity contribution is 5.92. The van der Waals surface area contributed by atoms with E-state index >= 15 is 0 Å². The summed E-state index contributed by atoms with van der Waals surface area (Å²) < 4.78 is 0. The molecule has 0 radical (unpaired) electrons. The third-order valence-electron chi connectivity index (χ3n) is 4.93. The van der Waals surface area contributed by atoms with Gasteiger partial charge in [-0.1, -0.05) is 24.3 Å². The Balaban J connectivity index is 0.00000196. The number of nitrogen functional groups attached to an aromatic ring is 1. The predicted octanol–water partition coefficient (Wildman–Crippen LogP) is 3.50. The number of benzene rings is 2. The number of rotatable bonds is 6. The zero-order chi connectivity index (χ0) is 18.4. The lowest BCUT2D eigenvalue weighted by Gasteiger charge is -2.31. The second kappa shape index (κ2) is 11.9. The second-order valence-electron chi connectivity index (χ2n) is 7.07. The van der Waals surface area contributed by atoms with E-state index < -0.39 is 0 Å². The van der Waals surface area contributed by atoms with Crippen molar-refractivity contribution in [2.45, 2.75) is 25.8 Å². The summed E-state index contributed by atoms with van der Waals surface area (Å²) in [7, 11) is 0. The van der Waals surface area contributed by atoms with Crippen molar-refractivity contribution in [3.63, 3.8) is 0 Å². The minimum atomic E-state index is -0.0318. The molecule has 154 valence electrons. The van der Waals surface area contributed by atoms with E-state index in [1.807, 2.05) is 42.5 Å². The fourth-order valence-corrected chi connectivity index (χ4v) is 3.36. The number of nitrogens with one attached hydrogen (secondary N) is 1. The molecule has 0 unspecified atom stereocenters. The second-order valence-corrected chi connectivity index (χ2v) is 7.07. The smallest absolute Gasteiger partial charge is 0.228 e. The number of amides is 1. The summed E-state index contributed by atoms with van der Waals surface area (Å²) in [5.41, 5.74) is 9.34. The van der Waals surface area contributed by atoms with Gasteiger partial charge in [-0.2, -0.15) is 0 Å². The zero-order valence-electron chi connectivity index (χ0n) is 15.8. The molecule has 1 aliphatic heterocycles. The van der Waals surface area contributed by atoms with Crippen LogP contribution in [-0.4, -0.2) is 35.6 Å². The minimum absolute atomic E-state index is 0. The summed E-state index contributed by atoms with van der Waals surface area (Å²) in [5.74, 6) is 0.417. The molecule has 0 saturated carbocycles. The first-order valence-electron chi connectivity index (χ1n) is 9.19. The Morgan fingerprint density at radius 2 is 1.75 bits per heavy atom. The maximum Gasteiger partial charge on any atom is 0.228 e. The van der Waals surface area contributed by atoms with Gasteiger partial charge in [0.1, 0.15) is 0 Å². The average Bonchev–Trinajstić information content (AvgIpc) is 2.64. The predicted molar refractivity (Wildman–Crippen MR) is 119 cm³/mol. The molecule has 1 aliphatic rings. The molecule has 0 bridgehead atoms. The number of hydrogen-bond donors (Lipinski definition) is 3. The molecule has 3 rings (SSSR count). The molecule has 1 saturated heterocycles. The number of carbonyl (C=O) groups excluding carboxylic acids is 1. The van der Waals surface area contributed by atoms with E-state index in [0.717, 1.165) is 43.7 Å². The van der Waals surface area contributed by atoms with E-state index in [1.54, 1.807) is 0 Å². The molecule has 4 N–H and O–H groups in total. The molecule has 2 aromatic rings. The van der Waals surface area contributed by atoms with Gasteiger partial charge in [-0.15, -0.1) is 24.8 Å². The number of nitrogens with two attached hydrogens (primary N) is 1. The number of carbonyl (C=O) groups is 1. The molecule has 0 aromatic heterocycles. The van der Waals surface area contributed by atoms with E-state index in [4.69, 9.17) is 5.73 Å². The van der Waals surface area contributed by atoms with Crippen LogP contribution in [-0.2, 0) is 17.8 Å². The van der Waals surface area contributed by atoms with E-state index in [9.17, 15) is 9.90 Å². The first-order chi connectivity index (χ1) is 12.6. The maximum absolute atomic E-state index is 12.3. The highest BCUT2D eigenvalue weighted by atomic mass is 35.5. The largest absolute Gasteiger partial charge is 0.399 e. The van der Waals surface area contributed by atoms with Crippen molar-refractivity contribution in [2.24, 2.45) is 5.92 Å². The molecular formula is C21H29Cl2N3O2. The van der Waals surface area contributed by atoms with Crippen molar-refractivity contribution >= 4 is 42.1 Å². The van der Waals surface area contributed by atoms with Gasteiger partial charge in [0.25, 0.3) is 0 Å². The Kier molecular flexibility index (Phi) is 10.3. The molecule has 7 heteroatoms. The lowest BCUT2D eigenvalue weighted by molar-refractivity contribution is -0.115. The van der Waals surface area contributed by atoms with Gasteiger partial charge in [0.15, 0.2) is 0 Å². The molecular weight excluding hydrogens is 397 g/mol. The van der Waals surface area contributed by atoms with Gasteiger partial charge in [-0.05, 0) is 67.2 Å². The number of nitrogens with zero attached hydrogens (tertiary/aromatic N) is 1. The number of piperidine rings is 1.